The van der Waals surface area contributed by atoms with E-state index in [2.05, 4.69) is 78.1 Å². The normalized spacial score (nSPS) is 11.6. The van der Waals surface area contributed by atoms with Gasteiger partial charge in [0.1, 0.15) is 0 Å². The third kappa shape index (κ3) is 5.47. The molecule has 1 heterocycles. The summed E-state index contributed by atoms with van der Waals surface area (Å²) in [5, 5.41) is 7.79. The summed E-state index contributed by atoms with van der Waals surface area (Å²) in [6, 6.07) is 35.3. The number of carbonyl (C=O) groups is 1. The van der Waals surface area contributed by atoms with Crippen LogP contribution in [-0.4, -0.2) is 29.4 Å². The number of rotatable bonds is 8. The third-order valence-corrected chi connectivity index (χ3v) is 8.57. The Bertz CT molecular complexity index is 1720. The highest BCUT2D eigenvalue weighted by atomic mass is 32.2. The fourth-order valence-corrected chi connectivity index (χ4v) is 6.46. The molecular formula is C32H25N3OS2. The van der Waals surface area contributed by atoms with Crippen molar-refractivity contribution in [2.24, 2.45) is 4.99 Å². The largest absolute Gasteiger partial charge is 0.355 e. The van der Waals surface area contributed by atoms with Gasteiger partial charge in [-0.1, -0.05) is 90.6 Å². The number of thioether (sulfide) groups is 1. The molecule has 0 spiro atoms. The quantitative estimate of drug-likeness (QED) is 0.124. The van der Waals surface area contributed by atoms with E-state index in [0.717, 1.165) is 32.2 Å². The van der Waals surface area contributed by atoms with Gasteiger partial charge in [0.25, 0.3) is 0 Å². The molecule has 0 saturated heterocycles. The summed E-state index contributed by atoms with van der Waals surface area (Å²) in [5.74, 6) is 0.381. The zero-order valence-electron chi connectivity index (χ0n) is 20.6. The van der Waals surface area contributed by atoms with Crippen LogP contribution in [0.3, 0.4) is 0 Å². The molecule has 38 heavy (non-hydrogen) atoms. The van der Waals surface area contributed by atoms with Crippen molar-refractivity contribution in [3.05, 3.63) is 114 Å². The van der Waals surface area contributed by atoms with E-state index in [-0.39, 0.29) is 5.91 Å². The second-order valence-corrected chi connectivity index (χ2v) is 11.2. The molecule has 0 bridgehead atoms. The zero-order valence-corrected chi connectivity index (χ0v) is 22.3. The molecule has 0 fully saturated rings. The molecular weight excluding hydrogens is 507 g/mol. The van der Waals surface area contributed by atoms with E-state index in [4.69, 9.17) is 9.98 Å². The first-order chi connectivity index (χ1) is 18.7. The van der Waals surface area contributed by atoms with Crippen molar-refractivity contribution in [3.8, 4) is 0 Å². The number of hydrogen-bond acceptors (Lipinski definition) is 5. The first kappa shape index (κ1) is 24.3. The minimum Gasteiger partial charge on any atom is -0.355 e. The first-order valence-corrected chi connectivity index (χ1v) is 14.3. The van der Waals surface area contributed by atoms with Crippen LogP contribution in [0.5, 0.6) is 0 Å². The van der Waals surface area contributed by atoms with Gasteiger partial charge in [0.05, 0.1) is 21.7 Å². The second kappa shape index (κ2) is 11.2. The molecule has 4 nitrogen and oxygen atoms in total. The smallest absolute Gasteiger partial charge is 0.230 e. The second-order valence-electron chi connectivity index (χ2n) is 9.00. The topological polar surface area (TPSA) is 54.4 Å². The van der Waals surface area contributed by atoms with Crippen molar-refractivity contribution in [1.29, 1.82) is 0 Å². The monoisotopic (exact) mass is 531 g/mol. The van der Waals surface area contributed by atoms with Crippen molar-refractivity contribution in [3.63, 3.8) is 0 Å². The van der Waals surface area contributed by atoms with Crippen LogP contribution in [0.25, 0.3) is 31.8 Å². The molecule has 0 aliphatic rings. The van der Waals surface area contributed by atoms with Crippen LogP contribution < -0.4 is 5.32 Å². The van der Waals surface area contributed by atoms with Crippen molar-refractivity contribution < 1.29 is 4.79 Å². The zero-order chi connectivity index (χ0) is 25.7. The highest BCUT2D eigenvalue weighted by molar-refractivity contribution is 8.01. The standard InChI is InChI=1S/C32H25N3OS2/c36-31(33-17-16-22-8-2-1-3-9-22)21-37-32-35-29-15-14-25(19-30(29)38-32)34-20-28-26-12-6-4-10-23(26)18-24-11-5-7-13-27(24)28/h1-15,18-20H,16-17,21H2,(H,33,36). The maximum absolute atomic E-state index is 12.3. The van der Waals surface area contributed by atoms with Crippen molar-refractivity contribution in [1.82, 2.24) is 10.3 Å². The molecule has 1 aromatic heterocycles. The summed E-state index contributed by atoms with van der Waals surface area (Å²) < 4.78 is 1.95. The molecule has 5 aromatic carbocycles. The highest BCUT2D eigenvalue weighted by Crippen LogP contribution is 2.32. The van der Waals surface area contributed by atoms with Crippen LogP contribution in [0.1, 0.15) is 11.1 Å². The van der Waals surface area contributed by atoms with E-state index in [1.165, 1.54) is 38.9 Å². The lowest BCUT2D eigenvalue weighted by Gasteiger charge is -2.07. The van der Waals surface area contributed by atoms with Crippen molar-refractivity contribution in [2.75, 3.05) is 12.3 Å². The van der Waals surface area contributed by atoms with Gasteiger partial charge in [0, 0.05) is 18.3 Å². The number of aromatic nitrogens is 1. The molecule has 6 aromatic rings. The van der Waals surface area contributed by atoms with Gasteiger partial charge < -0.3 is 5.32 Å². The van der Waals surface area contributed by atoms with Gasteiger partial charge in [-0.05, 0) is 57.8 Å². The molecule has 0 atom stereocenters. The molecule has 0 aliphatic carbocycles. The van der Waals surface area contributed by atoms with E-state index in [9.17, 15) is 4.79 Å². The van der Waals surface area contributed by atoms with Crippen LogP contribution in [-0.2, 0) is 11.2 Å². The average Bonchev–Trinajstić information content (AvgIpc) is 3.37. The molecule has 6 rings (SSSR count). The summed E-state index contributed by atoms with van der Waals surface area (Å²) in [4.78, 5) is 21.9. The van der Waals surface area contributed by atoms with E-state index in [1.54, 1.807) is 11.3 Å². The van der Waals surface area contributed by atoms with Gasteiger partial charge in [-0.25, -0.2) is 4.98 Å². The Hall–Kier alpha value is -4.00. The molecule has 186 valence electrons. The Morgan fingerprint density at radius 3 is 2.34 bits per heavy atom. The molecule has 1 amide bonds. The predicted molar refractivity (Wildman–Crippen MR) is 162 cm³/mol. The number of nitrogens with one attached hydrogen (secondary N) is 1. The summed E-state index contributed by atoms with van der Waals surface area (Å²) in [7, 11) is 0. The Morgan fingerprint density at radius 2 is 1.58 bits per heavy atom. The molecule has 0 saturated carbocycles. The Balaban J connectivity index is 1.15. The Kier molecular flexibility index (Phi) is 7.16. The van der Waals surface area contributed by atoms with E-state index < -0.39 is 0 Å². The third-order valence-electron chi connectivity index (χ3n) is 6.41. The number of amides is 1. The van der Waals surface area contributed by atoms with Gasteiger partial charge >= 0.3 is 0 Å². The summed E-state index contributed by atoms with van der Waals surface area (Å²) in [5.41, 5.74) is 4.15. The molecule has 0 unspecified atom stereocenters. The first-order valence-electron chi connectivity index (χ1n) is 12.5. The van der Waals surface area contributed by atoms with Crippen LogP contribution in [0.2, 0.25) is 0 Å². The average molecular weight is 532 g/mol. The van der Waals surface area contributed by atoms with Gasteiger partial charge in [0.2, 0.25) is 5.91 Å². The number of nitrogens with zero attached hydrogens (tertiary/aromatic N) is 2. The number of benzene rings is 5. The van der Waals surface area contributed by atoms with Crippen molar-refractivity contribution in [2.45, 2.75) is 10.8 Å². The van der Waals surface area contributed by atoms with Crippen LogP contribution in [0.4, 0.5) is 5.69 Å². The summed E-state index contributed by atoms with van der Waals surface area (Å²) >= 11 is 3.08. The van der Waals surface area contributed by atoms with Gasteiger partial charge in [-0.2, -0.15) is 0 Å². The Morgan fingerprint density at radius 1 is 0.868 bits per heavy atom. The predicted octanol–water partition coefficient (Wildman–Crippen LogP) is 7.80. The molecule has 1 N–H and O–H groups in total. The number of thiazole rings is 1. The molecule has 0 aliphatic heterocycles. The number of carbonyl (C=O) groups excluding carboxylic acids is 1. The van der Waals surface area contributed by atoms with Gasteiger partial charge in [0.15, 0.2) is 4.34 Å². The van der Waals surface area contributed by atoms with Gasteiger partial charge in [-0.15, -0.1) is 11.3 Å². The SMILES string of the molecule is O=C(CSc1nc2ccc(N=Cc3c4ccccc4cc4ccccc34)cc2s1)NCCc1ccccc1. The molecule has 0 radical (unpaired) electrons. The van der Waals surface area contributed by atoms with E-state index in [0.29, 0.717) is 12.3 Å². The van der Waals surface area contributed by atoms with Crippen LogP contribution >= 0.6 is 23.1 Å². The van der Waals surface area contributed by atoms with Crippen LogP contribution in [0, 0.1) is 0 Å². The lowest BCUT2D eigenvalue weighted by Crippen LogP contribution is -2.27. The fraction of sp³-hybridized carbons (Fsp3) is 0.0938. The van der Waals surface area contributed by atoms with Crippen LogP contribution in [0.15, 0.2) is 112 Å². The summed E-state index contributed by atoms with van der Waals surface area (Å²) in [6.45, 7) is 0.636. The number of hydrogen-bond donors (Lipinski definition) is 1. The lowest BCUT2D eigenvalue weighted by atomic mass is 9.97. The fourth-order valence-electron chi connectivity index (χ4n) is 4.53. The van der Waals surface area contributed by atoms with E-state index in [1.807, 2.05) is 36.5 Å². The lowest BCUT2D eigenvalue weighted by molar-refractivity contribution is -0.118. The van der Waals surface area contributed by atoms with E-state index >= 15 is 0 Å². The number of aliphatic imine (C=N–C) groups is 1. The highest BCUT2D eigenvalue weighted by Gasteiger charge is 2.09. The summed E-state index contributed by atoms with van der Waals surface area (Å²) in [6.07, 6.45) is 2.80. The van der Waals surface area contributed by atoms with Gasteiger partial charge in [-0.3, -0.25) is 9.79 Å². The maximum Gasteiger partial charge on any atom is 0.230 e. The number of fused-ring (bicyclic) bond motifs is 3. The minimum atomic E-state index is 0.0257. The minimum absolute atomic E-state index is 0.0257. The maximum atomic E-state index is 12.3. The van der Waals surface area contributed by atoms with Crippen molar-refractivity contribution >= 4 is 72.7 Å². The molecule has 6 heteroatoms. The Labute approximate surface area is 229 Å².